The fourth-order valence-corrected chi connectivity index (χ4v) is 2.26. The van der Waals surface area contributed by atoms with E-state index in [1.165, 1.54) is 0 Å². The lowest BCUT2D eigenvalue weighted by atomic mass is 9.94. The number of benzene rings is 1. The molecule has 2 heterocycles. The number of hydrogen-bond donors (Lipinski definition) is 2. The number of ether oxygens (including phenoxy) is 2. The molecular formula is C12H14N2O3. The second-order valence-corrected chi connectivity index (χ2v) is 4.38. The van der Waals surface area contributed by atoms with Crippen molar-refractivity contribution in [3.05, 3.63) is 18.2 Å². The van der Waals surface area contributed by atoms with Gasteiger partial charge in [-0.2, -0.15) is 0 Å². The zero-order chi connectivity index (χ0) is 11.9. The third-order valence-electron chi connectivity index (χ3n) is 3.31. The van der Waals surface area contributed by atoms with E-state index in [9.17, 15) is 4.79 Å². The molecule has 2 aliphatic rings. The quantitative estimate of drug-likeness (QED) is 0.767. The first-order valence-corrected chi connectivity index (χ1v) is 5.59. The molecule has 3 rings (SSSR count). The van der Waals surface area contributed by atoms with E-state index in [-0.39, 0.29) is 5.91 Å². The van der Waals surface area contributed by atoms with Gasteiger partial charge in [-0.3, -0.25) is 4.79 Å². The molecule has 2 N–H and O–H groups in total. The summed E-state index contributed by atoms with van der Waals surface area (Å²) in [5.74, 6) is 0.695. The summed E-state index contributed by atoms with van der Waals surface area (Å²) < 4.78 is 10.4. The van der Waals surface area contributed by atoms with E-state index in [0.717, 1.165) is 17.1 Å². The van der Waals surface area contributed by atoms with E-state index >= 15 is 0 Å². The molecule has 0 aliphatic carbocycles. The number of rotatable bonds is 1. The van der Waals surface area contributed by atoms with Crippen LogP contribution in [-0.2, 0) is 9.53 Å². The standard InChI is InChI=1S/C12H14N2O3/c1-16-8-2-3-9-10(6-8)13-11(15)12(14-9)4-5-17-7-12/h2-3,6,14H,4-5,7H2,1H3,(H,13,15). The summed E-state index contributed by atoms with van der Waals surface area (Å²) in [6.07, 6.45) is 0.699. The minimum absolute atomic E-state index is 0.0317. The zero-order valence-electron chi connectivity index (χ0n) is 9.58. The van der Waals surface area contributed by atoms with Gasteiger partial charge in [-0.25, -0.2) is 0 Å². The summed E-state index contributed by atoms with van der Waals surface area (Å²) in [4.78, 5) is 12.1. The van der Waals surface area contributed by atoms with Crippen molar-refractivity contribution < 1.29 is 14.3 Å². The summed E-state index contributed by atoms with van der Waals surface area (Å²) in [6, 6.07) is 5.59. The van der Waals surface area contributed by atoms with Crippen molar-refractivity contribution >= 4 is 17.3 Å². The normalized spacial score (nSPS) is 26.3. The number of carbonyl (C=O) groups is 1. The molecule has 1 amide bonds. The van der Waals surface area contributed by atoms with Crippen molar-refractivity contribution in [1.29, 1.82) is 0 Å². The van der Waals surface area contributed by atoms with Gasteiger partial charge in [0.1, 0.15) is 11.3 Å². The number of nitrogens with one attached hydrogen (secondary N) is 2. The lowest BCUT2D eigenvalue weighted by Gasteiger charge is -2.34. The number of methoxy groups -OCH3 is 1. The van der Waals surface area contributed by atoms with Crippen molar-refractivity contribution in [1.82, 2.24) is 0 Å². The average Bonchev–Trinajstić information content (AvgIpc) is 2.80. The third kappa shape index (κ3) is 1.54. The highest BCUT2D eigenvalue weighted by atomic mass is 16.5. The van der Waals surface area contributed by atoms with E-state index in [2.05, 4.69) is 10.6 Å². The molecule has 1 spiro atoms. The molecule has 0 bridgehead atoms. The summed E-state index contributed by atoms with van der Waals surface area (Å²) in [5, 5.41) is 6.19. The van der Waals surface area contributed by atoms with E-state index < -0.39 is 5.54 Å². The van der Waals surface area contributed by atoms with Gasteiger partial charge in [-0.05, 0) is 12.1 Å². The predicted molar refractivity (Wildman–Crippen MR) is 63.4 cm³/mol. The summed E-state index contributed by atoms with van der Waals surface area (Å²) >= 11 is 0. The first-order valence-electron chi connectivity index (χ1n) is 5.59. The highest BCUT2D eigenvalue weighted by molar-refractivity contribution is 6.06. The Morgan fingerprint density at radius 2 is 2.29 bits per heavy atom. The fraction of sp³-hybridized carbons (Fsp3) is 0.417. The Labute approximate surface area is 99.1 Å². The van der Waals surface area contributed by atoms with Crippen LogP contribution in [0.2, 0.25) is 0 Å². The van der Waals surface area contributed by atoms with Crippen LogP contribution in [-0.4, -0.2) is 31.8 Å². The molecule has 5 nitrogen and oxygen atoms in total. The summed E-state index contributed by atoms with van der Waals surface area (Å²) in [5.41, 5.74) is 1.07. The van der Waals surface area contributed by atoms with Gasteiger partial charge in [0.25, 0.3) is 5.91 Å². The van der Waals surface area contributed by atoms with Gasteiger partial charge in [0.2, 0.25) is 0 Å². The van der Waals surface area contributed by atoms with E-state index in [1.807, 2.05) is 18.2 Å². The van der Waals surface area contributed by atoms with Gasteiger partial charge < -0.3 is 20.1 Å². The monoisotopic (exact) mass is 234 g/mol. The topological polar surface area (TPSA) is 59.6 Å². The Morgan fingerprint density at radius 1 is 1.41 bits per heavy atom. The van der Waals surface area contributed by atoms with Crippen LogP contribution in [0.4, 0.5) is 11.4 Å². The molecule has 90 valence electrons. The molecule has 0 saturated carbocycles. The van der Waals surface area contributed by atoms with Gasteiger partial charge in [-0.15, -0.1) is 0 Å². The number of amides is 1. The van der Waals surface area contributed by atoms with Crippen molar-refractivity contribution in [3.63, 3.8) is 0 Å². The first kappa shape index (κ1) is 10.4. The molecule has 0 aromatic heterocycles. The second kappa shape index (κ2) is 3.63. The molecule has 1 aromatic rings. The smallest absolute Gasteiger partial charge is 0.252 e. The van der Waals surface area contributed by atoms with Crippen molar-refractivity contribution in [2.24, 2.45) is 0 Å². The van der Waals surface area contributed by atoms with Crippen LogP contribution in [0.3, 0.4) is 0 Å². The van der Waals surface area contributed by atoms with Crippen LogP contribution in [0.15, 0.2) is 18.2 Å². The lowest BCUT2D eigenvalue weighted by Crippen LogP contribution is -2.53. The number of carbonyl (C=O) groups excluding carboxylic acids is 1. The molecule has 2 aliphatic heterocycles. The minimum atomic E-state index is -0.596. The fourth-order valence-electron chi connectivity index (χ4n) is 2.26. The highest BCUT2D eigenvalue weighted by Gasteiger charge is 2.45. The Hall–Kier alpha value is -1.75. The maximum atomic E-state index is 12.1. The maximum absolute atomic E-state index is 12.1. The summed E-state index contributed by atoms with van der Waals surface area (Å²) in [6.45, 7) is 1.04. The second-order valence-electron chi connectivity index (χ2n) is 4.38. The number of anilines is 2. The van der Waals surface area contributed by atoms with E-state index in [1.54, 1.807) is 7.11 Å². The van der Waals surface area contributed by atoms with Crippen molar-refractivity contribution in [2.45, 2.75) is 12.0 Å². The maximum Gasteiger partial charge on any atom is 0.252 e. The highest BCUT2D eigenvalue weighted by Crippen LogP contribution is 2.36. The van der Waals surface area contributed by atoms with Crippen LogP contribution in [0.5, 0.6) is 5.75 Å². The number of hydrogen-bond acceptors (Lipinski definition) is 4. The van der Waals surface area contributed by atoms with Crippen LogP contribution in [0.1, 0.15) is 6.42 Å². The van der Waals surface area contributed by atoms with Crippen molar-refractivity contribution in [2.75, 3.05) is 31.0 Å². The SMILES string of the molecule is COc1ccc2c(c1)NC(=O)C1(CCOC1)N2. The van der Waals surface area contributed by atoms with Crippen molar-refractivity contribution in [3.8, 4) is 5.75 Å². The Bertz CT molecular complexity index is 467. The molecule has 0 radical (unpaired) electrons. The van der Waals surface area contributed by atoms with Crippen LogP contribution in [0, 0.1) is 0 Å². The Balaban J connectivity index is 1.97. The first-order chi connectivity index (χ1) is 8.23. The zero-order valence-corrected chi connectivity index (χ0v) is 9.58. The molecule has 1 fully saturated rings. The minimum Gasteiger partial charge on any atom is -0.497 e. The Morgan fingerprint density at radius 3 is 3.00 bits per heavy atom. The number of fused-ring (bicyclic) bond motifs is 1. The average molecular weight is 234 g/mol. The predicted octanol–water partition coefficient (Wildman–Crippen LogP) is 1.22. The molecule has 1 aromatic carbocycles. The molecule has 1 atom stereocenters. The van der Waals surface area contributed by atoms with Gasteiger partial charge in [0.05, 0.1) is 25.1 Å². The van der Waals surface area contributed by atoms with E-state index in [4.69, 9.17) is 9.47 Å². The molecule has 17 heavy (non-hydrogen) atoms. The van der Waals surface area contributed by atoms with Crippen LogP contribution < -0.4 is 15.4 Å². The van der Waals surface area contributed by atoms with Gasteiger partial charge in [0.15, 0.2) is 0 Å². The summed E-state index contributed by atoms with van der Waals surface area (Å²) in [7, 11) is 1.60. The molecule has 5 heteroatoms. The van der Waals surface area contributed by atoms with Crippen LogP contribution >= 0.6 is 0 Å². The Kier molecular flexibility index (Phi) is 2.22. The van der Waals surface area contributed by atoms with Gasteiger partial charge in [0, 0.05) is 19.1 Å². The van der Waals surface area contributed by atoms with Gasteiger partial charge in [-0.1, -0.05) is 0 Å². The van der Waals surface area contributed by atoms with E-state index in [0.29, 0.717) is 19.6 Å². The molecule has 1 saturated heterocycles. The largest absolute Gasteiger partial charge is 0.497 e. The molecule has 1 unspecified atom stereocenters. The molecular weight excluding hydrogens is 220 g/mol. The third-order valence-corrected chi connectivity index (χ3v) is 3.31. The van der Waals surface area contributed by atoms with Crippen LogP contribution in [0.25, 0.3) is 0 Å². The van der Waals surface area contributed by atoms with Gasteiger partial charge >= 0.3 is 0 Å². The lowest BCUT2D eigenvalue weighted by molar-refractivity contribution is -0.120.